The average Bonchev–Trinajstić information content (AvgIpc) is 2.69. The van der Waals surface area contributed by atoms with Crippen molar-refractivity contribution in [1.29, 1.82) is 0 Å². The second-order valence-corrected chi connectivity index (χ2v) is 4.86. The van der Waals surface area contributed by atoms with Crippen LogP contribution in [0.1, 0.15) is 0 Å². The molecule has 0 saturated heterocycles. The first-order valence-electron chi connectivity index (χ1n) is 7.24. The van der Waals surface area contributed by atoms with Gasteiger partial charge in [-0.05, 0) is 18.2 Å². The molecule has 0 unspecified atom stereocenters. The minimum Gasteiger partial charge on any atom is -0.261 e. The first kappa shape index (κ1) is 14.0. The van der Waals surface area contributed by atoms with Crippen LogP contribution in [0.3, 0.4) is 0 Å². The first-order chi connectivity index (χ1) is 11.9. The van der Waals surface area contributed by atoms with E-state index in [0.29, 0.717) is 17.2 Å². The minimum absolute atomic E-state index is 0.536. The van der Waals surface area contributed by atoms with E-state index >= 15 is 0 Å². The summed E-state index contributed by atoms with van der Waals surface area (Å²) in [6.07, 6.45) is 11.6. The Labute approximate surface area is 137 Å². The van der Waals surface area contributed by atoms with Crippen molar-refractivity contribution in [2.45, 2.75) is 0 Å². The highest BCUT2D eigenvalue weighted by Crippen LogP contribution is 2.34. The van der Waals surface area contributed by atoms with Gasteiger partial charge in [-0.1, -0.05) is 6.07 Å². The summed E-state index contributed by atoms with van der Waals surface area (Å²) in [5, 5.41) is 8.36. The van der Waals surface area contributed by atoms with Gasteiger partial charge in [-0.15, -0.1) is 5.10 Å². The number of hydrogen-bond donors (Lipinski definition) is 0. The van der Waals surface area contributed by atoms with Gasteiger partial charge in [0.15, 0.2) is 5.82 Å². The van der Waals surface area contributed by atoms with Crippen LogP contribution in [-0.2, 0) is 0 Å². The maximum absolute atomic E-state index is 4.41. The molecule has 0 fully saturated rings. The molecule has 114 valence electrons. The fourth-order valence-electron chi connectivity index (χ4n) is 2.36. The first-order valence-corrected chi connectivity index (χ1v) is 7.24. The van der Waals surface area contributed by atoms with E-state index in [-0.39, 0.29) is 0 Å². The van der Waals surface area contributed by atoms with Crippen LogP contribution in [0.2, 0.25) is 0 Å². The van der Waals surface area contributed by atoms with Gasteiger partial charge in [-0.2, -0.15) is 5.10 Å². The molecular weight excluding hydrogens is 302 g/mol. The summed E-state index contributed by atoms with van der Waals surface area (Å²) in [4.78, 5) is 21.6. The van der Waals surface area contributed by atoms with Gasteiger partial charge in [-0.25, -0.2) is 9.97 Å². The Bertz CT molecular complexity index is 886. The van der Waals surface area contributed by atoms with E-state index in [1.807, 2.05) is 18.2 Å². The van der Waals surface area contributed by atoms with Gasteiger partial charge in [-0.3, -0.25) is 15.0 Å². The zero-order chi connectivity index (χ0) is 16.2. The third-order valence-corrected chi connectivity index (χ3v) is 3.39. The molecular formula is C17H11N7. The molecule has 7 nitrogen and oxygen atoms in total. The van der Waals surface area contributed by atoms with E-state index in [1.54, 1.807) is 49.4 Å². The molecule has 0 bridgehead atoms. The Balaban J connectivity index is 2.02. The molecule has 0 spiro atoms. The molecule has 0 aliphatic rings. The Kier molecular flexibility index (Phi) is 3.65. The summed E-state index contributed by atoms with van der Waals surface area (Å²) in [7, 11) is 0. The summed E-state index contributed by atoms with van der Waals surface area (Å²) in [5.41, 5.74) is 3.45. The van der Waals surface area contributed by atoms with Crippen molar-refractivity contribution in [2.75, 3.05) is 0 Å². The lowest BCUT2D eigenvalue weighted by molar-refractivity contribution is 1.02. The quantitative estimate of drug-likeness (QED) is 0.573. The monoisotopic (exact) mass is 313 g/mol. The maximum Gasteiger partial charge on any atom is 0.162 e. The number of nitrogens with zero attached hydrogens (tertiary/aromatic N) is 7. The third-order valence-electron chi connectivity index (χ3n) is 3.39. The standard InChI is InChI=1S/C17H11N7/c1-2-5-19-13(4-1)12-10-23-24-16(14-11-18-8-9-20-14)15(12)17-21-6-3-7-22-17/h1-11H. The van der Waals surface area contributed by atoms with Crippen molar-refractivity contribution >= 4 is 0 Å². The zero-order valence-corrected chi connectivity index (χ0v) is 12.5. The fraction of sp³-hybridized carbons (Fsp3) is 0. The van der Waals surface area contributed by atoms with E-state index < -0.39 is 0 Å². The topological polar surface area (TPSA) is 90.2 Å². The van der Waals surface area contributed by atoms with Crippen LogP contribution in [0.5, 0.6) is 0 Å². The minimum atomic E-state index is 0.536. The predicted octanol–water partition coefficient (Wildman–Crippen LogP) is 2.45. The highest BCUT2D eigenvalue weighted by Gasteiger charge is 2.19. The molecule has 0 aliphatic carbocycles. The Morgan fingerprint density at radius 3 is 2.25 bits per heavy atom. The van der Waals surface area contributed by atoms with Crippen molar-refractivity contribution in [3.63, 3.8) is 0 Å². The van der Waals surface area contributed by atoms with Crippen LogP contribution in [0, 0.1) is 0 Å². The van der Waals surface area contributed by atoms with Crippen LogP contribution < -0.4 is 0 Å². The number of aromatic nitrogens is 7. The number of pyridine rings is 1. The third kappa shape index (κ3) is 2.58. The predicted molar refractivity (Wildman–Crippen MR) is 87.3 cm³/mol. The Morgan fingerprint density at radius 2 is 1.50 bits per heavy atom. The highest BCUT2D eigenvalue weighted by atomic mass is 15.1. The molecule has 0 N–H and O–H groups in total. The van der Waals surface area contributed by atoms with Gasteiger partial charge in [0, 0.05) is 36.5 Å². The smallest absolute Gasteiger partial charge is 0.162 e. The molecule has 0 radical (unpaired) electrons. The van der Waals surface area contributed by atoms with Gasteiger partial charge in [0.2, 0.25) is 0 Å². The van der Waals surface area contributed by atoms with Crippen LogP contribution in [0.25, 0.3) is 34.0 Å². The lowest BCUT2D eigenvalue weighted by Gasteiger charge is -2.11. The van der Waals surface area contributed by atoms with E-state index in [2.05, 4.69) is 35.1 Å². The fourth-order valence-corrected chi connectivity index (χ4v) is 2.36. The van der Waals surface area contributed by atoms with E-state index in [1.165, 1.54) is 0 Å². The average molecular weight is 313 g/mol. The van der Waals surface area contributed by atoms with Crippen molar-refractivity contribution in [3.05, 3.63) is 67.6 Å². The molecule has 0 amide bonds. The lowest BCUT2D eigenvalue weighted by atomic mass is 10.0. The lowest BCUT2D eigenvalue weighted by Crippen LogP contribution is -2.00. The summed E-state index contributed by atoms with van der Waals surface area (Å²) in [6, 6.07) is 7.45. The van der Waals surface area contributed by atoms with Gasteiger partial charge in [0.25, 0.3) is 0 Å². The van der Waals surface area contributed by atoms with Gasteiger partial charge >= 0.3 is 0 Å². The molecule has 0 aliphatic heterocycles. The van der Waals surface area contributed by atoms with Crippen molar-refractivity contribution in [3.8, 4) is 34.0 Å². The summed E-state index contributed by atoms with van der Waals surface area (Å²) < 4.78 is 0. The van der Waals surface area contributed by atoms with Crippen molar-refractivity contribution in [2.24, 2.45) is 0 Å². The normalized spacial score (nSPS) is 10.5. The van der Waals surface area contributed by atoms with Crippen LogP contribution in [0.4, 0.5) is 0 Å². The van der Waals surface area contributed by atoms with E-state index in [9.17, 15) is 0 Å². The second-order valence-electron chi connectivity index (χ2n) is 4.86. The summed E-state index contributed by atoms with van der Waals surface area (Å²) in [5.74, 6) is 0.536. The van der Waals surface area contributed by atoms with Crippen molar-refractivity contribution < 1.29 is 0 Å². The van der Waals surface area contributed by atoms with Crippen molar-refractivity contribution in [1.82, 2.24) is 35.1 Å². The molecule has 4 heterocycles. The highest BCUT2D eigenvalue weighted by molar-refractivity contribution is 5.87. The molecule has 24 heavy (non-hydrogen) atoms. The van der Waals surface area contributed by atoms with Crippen LogP contribution >= 0.6 is 0 Å². The van der Waals surface area contributed by atoms with E-state index in [0.717, 1.165) is 16.8 Å². The second kappa shape index (κ2) is 6.25. The van der Waals surface area contributed by atoms with Gasteiger partial charge < -0.3 is 0 Å². The molecule has 4 aromatic heterocycles. The molecule has 0 atom stereocenters. The molecule has 7 heteroatoms. The molecule has 0 aromatic carbocycles. The molecule has 4 rings (SSSR count). The summed E-state index contributed by atoms with van der Waals surface area (Å²) in [6.45, 7) is 0. The van der Waals surface area contributed by atoms with Crippen LogP contribution in [0.15, 0.2) is 67.6 Å². The Morgan fingerprint density at radius 1 is 0.667 bits per heavy atom. The zero-order valence-electron chi connectivity index (χ0n) is 12.5. The van der Waals surface area contributed by atoms with Gasteiger partial charge in [0.05, 0.1) is 23.7 Å². The number of hydrogen-bond acceptors (Lipinski definition) is 7. The molecule has 0 saturated carbocycles. The SMILES string of the molecule is c1ccc(-c2cnnc(-c3cnccn3)c2-c2ncccn2)nc1. The maximum atomic E-state index is 4.41. The number of rotatable bonds is 3. The molecule has 4 aromatic rings. The summed E-state index contributed by atoms with van der Waals surface area (Å²) >= 11 is 0. The van der Waals surface area contributed by atoms with Gasteiger partial charge in [0.1, 0.15) is 11.4 Å². The van der Waals surface area contributed by atoms with Crippen LogP contribution in [-0.4, -0.2) is 35.1 Å². The Hall–Kier alpha value is -3.61. The largest absolute Gasteiger partial charge is 0.261 e. The van der Waals surface area contributed by atoms with E-state index in [4.69, 9.17) is 0 Å².